The summed E-state index contributed by atoms with van der Waals surface area (Å²) in [6, 6.07) is -1.21. The van der Waals surface area contributed by atoms with E-state index in [1.54, 1.807) is 0 Å². The van der Waals surface area contributed by atoms with E-state index in [4.69, 9.17) is 5.11 Å². The smallest absolute Gasteiger partial charge is 0.326 e. The molecule has 116 valence electrons. The van der Waals surface area contributed by atoms with Gasteiger partial charge in [0.2, 0.25) is 0 Å². The minimum Gasteiger partial charge on any atom is -0.480 e. The van der Waals surface area contributed by atoms with Crippen molar-refractivity contribution < 1.29 is 14.7 Å². The number of rotatable bonds is 8. The van der Waals surface area contributed by atoms with Gasteiger partial charge in [-0.2, -0.15) is 0 Å². The lowest BCUT2D eigenvalue weighted by atomic mass is 9.99. The van der Waals surface area contributed by atoms with Crippen LogP contribution in [-0.4, -0.2) is 54.2 Å². The van der Waals surface area contributed by atoms with Crippen LogP contribution in [0.1, 0.15) is 39.5 Å². The molecule has 2 amide bonds. The second kappa shape index (κ2) is 8.79. The Labute approximate surface area is 120 Å². The van der Waals surface area contributed by atoms with E-state index < -0.39 is 12.0 Å². The lowest BCUT2D eigenvalue weighted by Gasteiger charge is -2.20. The van der Waals surface area contributed by atoms with Crippen molar-refractivity contribution in [3.05, 3.63) is 0 Å². The normalized spacial score (nSPS) is 18.5. The molecule has 0 aromatic heterocycles. The van der Waals surface area contributed by atoms with Gasteiger partial charge >= 0.3 is 12.0 Å². The summed E-state index contributed by atoms with van der Waals surface area (Å²) in [4.78, 5) is 25.2. The molecule has 0 bridgehead atoms. The SMILES string of the molecule is CC[C@H](C)[C@H](NC(=O)NCCCN1CCCC1)C(=O)O. The summed E-state index contributed by atoms with van der Waals surface area (Å²) in [6.07, 6.45) is 4.15. The van der Waals surface area contributed by atoms with Crippen LogP contribution in [0.2, 0.25) is 0 Å². The summed E-state index contributed by atoms with van der Waals surface area (Å²) in [5.41, 5.74) is 0. The molecule has 6 nitrogen and oxygen atoms in total. The molecular weight excluding hydrogens is 258 g/mol. The zero-order valence-corrected chi connectivity index (χ0v) is 12.5. The fourth-order valence-electron chi connectivity index (χ4n) is 2.39. The zero-order chi connectivity index (χ0) is 15.0. The molecule has 0 aromatic carbocycles. The average Bonchev–Trinajstić information content (AvgIpc) is 2.93. The highest BCUT2D eigenvalue weighted by Crippen LogP contribution is 2.08. The Morgan fingerprint density at radius 2 is 1.95 bits per heavy atom. The number of urea groups is 1. The van der Waals surface area contributed by atoms with Crippen LogP contribution in [-0.2, 0) is 4.79 Å². The third-order valence-electron chi connectivity index (χ3n) is 3.90. The minimum atomic E-state index is -0.980. The van der Waals surface area contributed by atoms with E-state index in [0.29, 0.717) is 13.0 Å². The van der Waals surface area contributed by atoms with Gasteiger partial charge in [0, 0.05) is 6.54 Å². The molecular formula is C14H27N3O3. The highest BCUT2D eigenvalue weighted by Gasteiger charge is 2.25. The van der Waals surface area contributed by atoms with Gasteiger partial charge in [0.15, 0.2) is 0 Å². The van der Waals surface area contributed by atoms with Crippen LogP contribution in [0.15, 0.2) is 0 Å². The van der Waals surface area contributed by atoms with Crippen LogP contribution >= 0.6 is 0 Å². The van der Waals surface area contributed by atoms with Crippen LogP contribution in [0.25, 0.3) is 0 Å². The largest absolute Gasteiger partial charge is 0.480 e. The topological polar surface area (TPSA) is 81.7 Å². The van der Waals surface area contributed by atoms with Gasteiger partial charge in [-0.05, 0) is 44.8 Å². The summed E-state index contributed by atoms with van der Waals surface area (Å²) in [7, 11) is 0. The van der Waals surface area contributed by atoms with Crippen LogP contribution in [0.3, 0.4) is 0 Å². The van der Waals surface area contributed by atoms with E-state index in [2.05, 4.69) is 15.5 Å². The van der Waals surface area contributed by atoms with Gasteiger partial charge in [0.05, 0.1) is 0 Å². The number of nitrogens with one attached hydrogen (secondary N) is 2. The van der Waals surface area contributed by atoms with E-state index in [1.165, 1.54) is 12.8 Å². The van der Waals surface area contributed by atoms with Crippen LogP contribution in [0, 0.1) is 5.92 Å². The second-order valence-corrected chi connectivity index (χ2v) is 5.50. The lowest BCUT2D eigenvalue weighted by Crippen LogP contribution is -2.49. The Hall–Kier alpha value is -1.30. The summed E-state index contributed by atoms with van der Waals surface area (Å²) >= 11 is 0. The molecule has 3 N–H and O–H groups in total. The monoisotopic (exact) mass is 285 g/mol. The fraction of sp³-hybridized carbons (Fsp3) is 0.857. The van der Waals surface area contributed by atoms with Crippen molar-refractivity contribution in [1.29, 1.82) is 0 Å². The van der Waals surface area contributed by atoms with Gasteiger partial charge in [0.1, 0.15) is 6.04 Å². The van der Waals surface area contributed by atoms with Gasteiger partial charge < -0.3 is 20.6 Å². The van der Waals surface area contributed by atoms with E-state index in [1.807, 2.05) is 13.8 Å². The number of carbonyl (C=O) groups excluding carboxylic acids is 1. The van der Waals surface area contributed by atoms with E-state index in [-0.39, 0.29) is 11.9 Å². The van der Waals surface area contributed by atoms with Crippen molar-refractivity contribution in [2.24, 2.45) is 5.92 Å². The molecule has 2 atom stereocenters. The number of hydrogen-bond donors (Lipinski definition) is 3. The van der Waals surface area contributed by atoms with Crippen LogP contribution < -0.4 is 10.6 Å². The number of carboxylic acid groups (broad SMARTS) is 1. The number of carboxylic acids is 1. The molecule has 1 aliphatic heterocycles. The first-order chi connectivity index (χ1) is 9.54. The molecule has 0 aromatic rings. The first-order valence-electron chi connectivity index (χ1n) is 7.54. The molecule has 1 saturated heterocycles. The molecule has 1 fully saturated rings. The van der Waals surface area contributed by atoms with E-state index >= 15 is 0 Å². The molecule has 6 heteroatoms. The van der Waals surface area contributed by atoms with Crippen molar-refractivity contribution in [3.63, 3.8) is 0 Å². The van der Waals surface area contributed by atoms with Crippen LogP contribution in [0.5, 0.6) is 0 Å². The van der Waals surface area contributed by atoms with Gasteiger partial charge in [-0.15, -0.1) is 0 Å². The fourth-order valence-corrected chi connectivity index (χ4v) is 2.39. The van der Waals surface area contributed by atoms with Crippen molar-refractivity contribution in [3.8, 4) is 0 Å². The Morgan fingerprint density at radius 1 is 1.30 bits per heavy atom. The predicted molar refractivity (Wildman–Crippen MR) is 77.7 cm³/mol. The first kappa shape index (κ1) is 16.8. The predicted octanol–water partition coefficient (Wildman–Crippen LogP) is 1.27. The third-order valence-corrected chi connectivity index (χ3v) is 3.90. The molecule has 0 saturated carbocycles. The second-order valence-electron chi connectivity index (χ2n) is 5.50. The van der Waals surface area contributed by atoms with Crippen LogP contribution in [0.4, 0.5) is 4.79 Å². The molecule has 0 radical (unpaired) electrons. The first-order valence-corrected chi connectivity index (χ1v) is 7.54. The summed E-state index contributed by atoms with van der Waals surface area (Å²) in [5, 5.41) is 14.4. The zero-order valence-electron chi connectivity index (χ0n) is 12.5. The minimum absolute atomic E-state index is 0.0807. The molecule has 20 heavy (non-hydrogen) atoms. The average molecular weight is 285 g/mol. The number of carbonyl (C=O) groups is 2. The number of hydrogen-bond acceptors (Lipinski definition) is 3. The number of likely N-dealkylation sites (tertiary alicyclic amines) is 1. The quantitative estimate of drug-likeness (QED) is 0.587. The lowest BCUT2D eigenvalue weighted by molar-refractivity contribution is -0.140. The maximum atomic E-state index is 11.7. The Kier molecular flexibility index (Phi) is 7.36. The van der Waals surface area contributed by atoms with Crippen molar-refractivity contribution in [1.82, 2.24) is 15.5 Å². The summed E-state index contributed by atoms with van der Waals surface area (Å²) in [5.74, 6) is -1.06. The summed E-state index contributed by atoms with van der Waals surface area (Å²) < 4.78 is 0. The van der Waals surface area contributed by atoms with Crippen molar-refractivity contribution in [2.45, 2.75) is 45.6 Å². The van der Waals surface area contributed by atoms with Gasteiger partial charge in [0.25, 0.3) is 0 Å². The highest BCUT2D eigenvalue weighted by atomic mass is 16.4. The Bertz CT molecular complexity index is 317. The maximum absolute atomic E-state index is 11.7. The van der Waals surface area contributed by atoms with Crippen molar-refractivity contribution in [2.75, 3.05) is 26.2 Å². The van der Waals surface area contributed by atoms with Gasteiger partial charge in [-0.25, -0.2) is 9.59 Å². The molecule has 1 aliphatic rings. The molecule has 0 spiro atoms. The summed E-state index contributed by atoms with van der Waals surface area (Å²) in [6.45, 7) is 7.62. The highest BCUT2D eigenvalue weighted by molar-refractivity contribution is 5.82. The van der Waals surface area contributed by atoms with Gasteiger partial charge in [-0.3, -0.25) is 0 Å². The number of nitrogens with zero attached hydrogens (tertiary/aromatic N) is 1. The molecule has 1 heterocycles. The van der Waals surface area contributed by atoms with E-state index in [0.717, 1.165) is 26.1 Å². The maximum Gasteiger partial charge on any atom is 0.326 e. The Balaban J connectivity index is 2.18. The Morgan fingerprint density at radius 3 is 2.50 bits per heavy atom. The third kappa shape index (κ3) is 5.77. The standard InChI is InChI=1S/C14H27N3O3/c1-3-11(2)12(13(18)19)16-14(20)15-7-6-10-17-8-4-5-9-17/h11-12H,3-10H2,1-2H3,(H,18,19)(H2,15,16,20)/t11-,12-/m0/s1. The van der Waals surface area contributed by atoms with E-state index in [9.17, 15) is 9.59 Å². The molecule has 0 unspecified atom stereocenters. The number of amides is 2. The molecule has 1 rings (SSSR count). The van der Waals surface area contributed by atoms with Crippen molar-refractivity contribution >= 4 is 12.0 Å². The van der Waals surface area contributed by atoms with Gasteiger partial charge in [-0.1, -0.05) is 20.3 Å². The number of aliphatic carboxylic acids is 1. The molecule has 0 aliphatic carbocycles.